The van der Waals surface area contributed by atoms with Crippen LogP contribution in [0.1, 0.15) is 90.6 Å². The lowest BCUT2D eigenvalue weighted by Gasteiger charge is -2.62. The van der Waals surface area contributed by atoms with Gasteiger partial charge < -0.3 is 35.6 Å². The van der Waals surface area contributed by atoms with Gasteiger partial charge in [0.05, 0.1) is 19.8 Å². The minimum absolute atomic E-state index is 0.0278. The van der Waals surface area contributed by atoms with Gasteiger partial charge in [-0.25, -0.2) is 0 Å². The molecule has 4 fully saturated rings. The number of amides is 3. The molecule has 2 aromatic rings. The van der Waals surface area contributed by atoms with E-state index in [1.807, 2.05) is 69.5 Å². The maximum Gasteiger partial charge on any atom is 0.251 e. The number of anilines is 1. The molecule has 2 aromatic carbocycles. The molecule has 3 saturated carbocycles. The van der Waals surface area contributed by atoms with Crippen molar-refractivity contribution in [1.82, 2.24) is 25.9 Å². The molecule has 0 aromatic heterocycles. The van der Waals surface area contributed by atoms with Crippen molar-refractivity contribution in [3.8, 4) is 16.9 Å². The number of ether oxygens (including phenoxy) is 1. The molecule has 9 atom stereocenters. The Hall–Kier alpha value is -3.71. The number of benzene rings is 2. The van der Waals surface area contributed by atoms with E-state index in [1.54, 1.807) is 19.1 Å². The first-order valence-electron chi connectivity index (χ1n) is 20.7. The zero-order valence-electron chi connectivity index (χ0n) is 36.7. The van der Waals surface area contributed by atoms with Crippen LogP contribution in [-0.2, 0) is 21.0 Å². The third-order valence-electron chi connectivity index (χ3n) is 12.8. The molecule has 0 spiro atoms. The van der Waals surface area contributed by atoms with E-state index in [-0.39, 0.29) is 53.7 Å². The number of nitrogens with one attached hydrogen (secondary N) is 3. The fourth-order valence-corrected chi connectivity index (χ4v) is 9.86. The van der Waals surface area contributed by atoms with E-state index in [9.17, 15) is 19.5 Å². The Morgan fingerprint density at radius 2 is 1.79 bits per heavy atom. The van der Waals surface area contributed by atoms with Gasteiger partial charge in [-0.15, -0.1) is 0 Å². The van der Waals surface area contributed by atoms with Crippen molar-refractivity contribution in [2.75, 3.05) is 53.3 Å². The number of hydrogen-bond acceptors (Lipinski definition) is 9. The molecule has 1 saturated heterocycles. The highest BCUT2D eigenvalue weighted by molar-refractivity contribution is 5.97. The second kappa shape index (κ2) is 17.6. The van der Waals surface area contributed by atoms with Gasteiger partial charge in [-0.1, -0.05) is 59.7 Å². The van der Waals surface area contributed by atoms with Gasteiger partial charge >= 0.3 is 0 Å². The molecule has 1 aliphatic heterocycles. The van der Waals surface area contributed by atoms with Gasteiger partial charge in [-0.2, -0.15) is 5.06 Å². The highest BCUT2D eigenvalue weighted by atomic mass is 16.7. The van der Waals surface area contributed by atoms with Crippen molar-refractivity contribution in [3.63, 3.8) is 0 Å². The maximum atomic E-state index is 14.5. The van der Waals surface area contributed by atoms with Gasteiger partial charge in [0, 0.05) is 74.5 Å². The monoisotopic (exact) mass is 791 g/mol. The molecule has 4 aliphatic rings. The van der Waals surface area contributed by atoms with Crippen LogP contribution in [-0.4, -0.2) is 112 Å². The van der Waals surface area contributed by atoms with Crippen molar-refractivity contribution in [3.05, 3.63) is 47.5 Å². The third-order valence-corrected chi connectivity index (χ3v) is 12.8. The number of rotatable bonds is 15. The van der Waals surface area contributed by atoms with Crippen LogP contribution in [0.15, 0.2) is 36.4 Å². The Bertz CT molecular complexity index is 1750. The molecule has 3 aliphatic carbocycles. The number of aliphatic hydroxyl groups is 1. The first-order chi connectivity index (χ1) is 26.6. The lowest BCUT2D eigenvalue weighted by atomic mass is 9.45. The number of hydrogen-bond donors (Lipinski definition) is 4. The van der Waals surface area contributed by atoms with Crippen LogP contribution in [0.5, 0.6) is 5.75 Å². The molecule has 12 heteroatoms. The lowest BCUT2D eigenvalue weighted by molar-refractivity contribution is -0.177. The predicted octanol–water partition coefficient (Wildman–Crippen LogP) is 5.33. The molecule has 4 N–H and O–H groups in total. The number of nitrogens with zero attached hydrogens (tertiary/aromatic N) is 3. The van der Waals surface area contributed by atoms with Crippen molar-refractivity contribution >= 4 is 23.4 Å². The van der Waals surface area contributed by atoms with Crippen molar-refractivity contribution < 1.29 is 29.1 Å². The number of methoxy groups -OCH3 is 1. The average Bonchev–Trinajstić information content (AvgIpc) is 3.48. The summed E-state index contributed by atoms with van der Waals surface area (Å²) >= 11 is 0. The van der Waals surface area contributed by atoms with Crippen LogP contribution < -0.4 is 25.6 Å². The predicted molar refractivity (Wildman–Crippen MR) is 226 cm³/mol. The Kier molecular flexibility index (Phi) is 13.7. The summed E-state index contributed by atoms with van der Waals surface area (Å²) in [5.41, 5.74) is 4.06. The molecular weight excluding hydrogens is 721 g/mol. The summed E-state index contributed by atoms with van der Waals surface area (Å²) in [5.74, 6) is 0.858. The number of aliphatic hydroxyl groups excluding tert-OH is 1. The lowest BCUT2D eigenvalue weighted by Crippen LogP contribution is -2.62. The van der Waals surface area contributed by atoms with Gasteiger partial charge in [0.1, 0.15) is 17.9 Å². The second-order valence-corrected chi connectivity index (χ2v) is 19.3. The van der Waals surface area contributed by atoms with Gasteiger partial charge in [0.15, 0.2) is 0 Å². The SMILES string of the molecule is COc1c(CN2O[C@@H](CNC(C)=O)[C@@H]([C@H](C)O)[C@H]2C(=O)N[C@H]2C[C@H]3C[C@@H]([C@@H]2C)C3(C)C)cccc1-c1cc(C(=O)N[C@H](CN(C)C)CC(C)(C)C)cc(N(C)C)c1. The number of fused-ring (bicyclic) bond motifs is 2. The molecule has 0 unspecified atom stereocenters. The minimum Gasteiger partial charge on any atom is -0.496 e. The molecule has 12 nitrogen and oxygen atoms in total. The van der Waals surface area contributed by atoms with Gasteiger partial charge in [-0.3, -0.25) is 19.2 Å². The molecule has 316 valence electrons. The van der Waals surface area contributed by atoms with Gasteiger partial charge in [-0.05, 0) is 92.6 Å². The molecule has 6 rings (SSSR count). The highest BCUT2D eigenvalue weighted by Gasteiger charge is 2.57. The van der Waals surface area contributed by atoms with Gasteiger partial charge in [0.25, 0.3) is 5.91 Å². The van der Waals surface area contributed by atoms with Crippen molar-refractivity contribution in [1.29, 1.82) is 0 Å². The Labute approximate surface area is 341 Å². The highest BCUT2D eigenvalue weighted by Crippen LogP contribution is 2.61. The van der Waals surface area contributed by atoms with Crippen LogP contribution >= 0.6 is 0 Å². The van der Waals surface area contributed by atoms with E-state index in [0.717, 1.165) is 41.8 Å². The number of carbonyl (C=O) groups excluding carboxylic acids is 3. The van der Waals surface area contributed by atoms with E-state index in [1.165, 1.54) is 13.3 Å². The standard InChI is InChI=1S/C45H70N6O6/c1-26-36-20-32(45(36,7)8)21-37(26)48-43(55)40-39(27(2)52)38(23-46-28(3)53)57-51(40)24-29-15-14-16-35(41(29)56-13)30-17-31(19-34(18-30)50(11)12)42(54)47-33(25-49(9)10)22-44(4,5)6/h14-19,26-27,32-33,36-40,52H,20-25H2,1-13H3,(H,46,53)(H,47,54)(H,48,55)/t26-,27-,32+,33-,36-,37-,38-,39+,40-/m0/s1. The molecule has 1 heterocycles. The fraction of sp³-hybridized carbons (Fsp3) is 0.667. The molecule has 57 heavy (non-hydrogen) atoms. The largest absolute Gasteiger partial charge is 0.496 e. The van der Waals surface area contributed by atoms with Crippen LogP contribution in [0.3, 0.4) is 0 Å². The summed E-state index contributed by atoms with van der Waals surface area (Å²) in [4.78, 5) is 51.1. The summed E-state index contributed by atoms with van der Waals surface area (Å²) < 4.78 is 6.14. The summed E-state index contributed by atoms with van der Waals surface area (Å²) in [5, 5.41) is 22.4. The third kappa shape index (κ3) is 10.1. The van der Waals surface area contributed by atoms with Crippen LogP contribution in [0, 0.1) is 34.5 Å². The smallest absolute Gasteiger partial charge is 0.251 e. The van der Waals surface area contributed by atoms with Crippen LogP contribution in [0.2, 0.25) is 0 Å². The average molecular weight is 791 g/mol. The van der Waals surface area contributed by atoms with E-state index < -0.39 is 24.2 Å². The zero-order chi connectivity index (χ0) is 42.1. The van der Waals surface area contributed by atoms with E-state index in [4.69, 9.17) is 9.57 Å². The summed E-state index contributed by atoms with van der Waals surface area (Å²) in [7, 11) is 9.55. The number of hydroxylamine groups is 2. The summed E-state index contributed by atoms with van der Waals surface area (Å²) in [6.07, 6.45) is 1.41. The second-order valence-electron chi connectivity index (χ2n) is 19.3. The summed E-state index contributed by atoms with van der Waals surface area (Å²) in [6.45, 7) is 17.6. The summed E-state index contributed by atoms with van der Waals surface area (Å²) in [6, 6.07) is 10.9. The Balaban J connectivity index is 1.48. The maximum absolute atomic E-state index is 14.5. The van der Waals surface area contributed by atoms with Crippen molar-refractivity contribution in [2.45, 2.75) is 112 Å². The Morgan fingerprint density at radius 3 is 2.35 bits per heavy atom. The van der Waals surface area contributed by atoms with Gasteiger partial charge in [0.2, 0.25) is 11.8 Å². The van der Waals surface area contributed by atoms with Crippen molar-refractivity contribution in [2.24, 2.45) is 34.5 Å². The van der Waals surface area contributed by atoms with Crippen LogP contribution in [0.4, 0.5) is 5.69 Å². The molecule has 0 radical (unpaired) electrons. The van der Waals surface area contributed by atoms with Crippen LogP contribution in [0.25, 0.3) is 11.1 Å². The topological polar surface area (TPSA) is 136 Å². The Morgan fingerprint density at radius 1 is 1.09 bits per heavy atom. The fourth-order valence-electron chi connectivity index (χ4n) is 9.86. The normalized spacial score (nSPS) is 26.6. The zero-order valence-corrected chi connectivity index (χ0v) is 36.7. The first kappa shape index (κ1) is 44.4. The van der Waals surface area contributed by atoms with E-state index in [0.29, 0.717) is 29.1 Å². The number of carbonyl (C=O) groups is 3. The first-order valence-corrected chi connectivity index (χ1v) is 20.7. The molecule has 2 bridgehead atoms. The molecule has 3 amide bonds. The quantitative estimate of drug-likeness (QED) is 0.189. The van der Waals surface area contributed by atoms with E-state index >= 15 is 0 Å². The minimum atomic E-state index is -0.895. The van der Waals surface area contributed by atoms with E-state index in [2.05, 4.69) is 62.4 Å². The number of likely N-dealkylation sites (N-methyl/N-ethyl adjacent to an activating group) is 1. The number of para-hydroxylation sites is 1. The molecular formula is C45H70N6O6.